The lowest BCUT2D eigenvalue weighted by Crippen LogP contribution is -2.54. The first-order chi connectivity index (χ1) is 18.1. The zero-order valence-corrected chi connectivity index (χ0v) is 21.3. The van der Waals surface area contributed by atoms with Gasteiger partial charge < -0.3 is 25.0 Å². The molecule has 0 bridgehead atoms. The Morgan fingerprint density at radius 2 is 1.59 bits per heavy atom. The van der Waals surface area contributed by atoms with Crippen LogP contribution in [0.2, 0.25) is 0 Å². The molecular formula is C30H33N3O4. The van der Waals surface area contributed by atoms with Gasteiger partial charge in [0.15, 0.2) is 11.5 Å². The minimum absolute atomic E-state index is 0.139. The fourth-order valence-electron chi connectivity index (χ4n) is 4.98. The highest BCUT2D eigenvalue weighted by Gasteiger charge is 2.36. The summed E-state index contributed by atoms with van der Waals surface area (Å²) in [6, 6.07) is 22.7. The number of hydrogen-bond acceptors (Lipinski definition) is 4. The number of benzene rings is 3. The summed E-state index contributed by atoms with van der Waals surface area (Å²) in [5, 5.41) is 6.14. The Morgan fingerprint density at radius 3 is 2.24 bits per heavy atom. The third-order valence-corrected chi connectivity index (χ3v) is 7.07. The van der Waals surface area contributed by atoms with Crippen LogP contribution < -0.4 is 20.1 Å². The van der Waals surface area contributed by atoms with Crippen LogP contribution >= 0.6 is 0 Å². The van der Waals surface area contributed by atoms with Gasteiger partial charge in [-0.3, -0.25) is 4.79 Å². The lowest BCUT2D eigenvalue weighted by Gasteiger charge is -2.38. The second kappa shape index (κ2) is 10.9. The van der Waals surface area contributed by atoms with Gasteiger partial charge in [0.25, 0.3) is 0 Å². The van der Waals surface area contributed by atoms with Crippen LogP contribution in [0, 0.1) is 0 Å². The summed E-state index contributed by atoms with van der Waals surface area (Å²) in [4.78, 5) is 28.8. The van der Waals surface area contributed by atoms with Crippen molar-refractivity contribution < 1.29 is 19.1 Å². The van der Waals surface area contributed by atoms with Gasteiger partial charge in [0.05, 0.1) is 20.3 Å². The van der Waals surface area contributed by atoms with Crippen molar-refractivity contribution in [2.24, 2.45) is 0 Å². The zero-order chi connectivity index (χ0) is 25.8. The molecule has 7 nitrogen and oxygen atoms in total. The molecule has 1 fully saturated rings. The van der Waals surface area contributed by atoms with E-state index >= 15 is 0 Å². The molecule has 2 aliphatic rings. The van der Waals surface area contributed by atoms with Gasteiger partial charge in [-0.15, -0.1) is 0 Å². The van der Waals surface area contributed by atoms with Crippen LogP contribution in [-0.4, -0.2) is 49.7 Å². The zero-order valence-electron chi connectivity index (χ0n) is 21.3. The van der Waals surface area contributed by atoms with Crippen LogP contribution in [0.25, 0.3) is 0 Å². The molecule has 1 aliphatic heterocycles. The van der Waals surface area contributed by atoms with Crippen molar-refractivity contribution in [3.63, 3.8) is 0 Å². The molecule has 37 heavy (non-hydrogen) atoms. The molecule has 2 atom stereocenters. The topological polar surface area (TPSA) is 79.9 Å². The maximum atomic E-state index is 13.9. The molecule has 1 saturated carbocycles. The molecule has 3 aromatic carbocycles. The number of nitrogens with one attached hydrogen (secondary N) is 2. The molecule has 0 aromatic heterocycles. The first kappa shape index (κ1) is 24.7. The Kier molecular flexibility index (Phi) is 7.30. The molecule has 3 amide bonds. The predicted molar refractivity (Wildman–Crippen MR) is 142 cm³/mol. The molecule has 3 aromatic rings. The van der Waals surface area contributed by atoms with E-state index in [1.165, 1.54) is 0 Å². The SMILES string of the molecule is COc1cc2c(cc1OC)C(c1ccccc1)N(C(=O)N[C@@H](Cc1ccccc1)C(=O)NC1CC1)CC2. The molecule has 0 spiro atoms. The highest BCUT2D eigenvalue weighted by molar-refractivity contribution is 5.88. The predicted octanol–water partition coefficient (Wildman–Crippen LogP) is 4.25. The van der Waals surface area contributed by atoms with Crippen molar-refractivity contribution in [3.8, 4) is 11.5 Å². The van der Waals surface area contributed by atoms with Crippen LogP contribution in [-0.2, 0) is 17.6 Å². The van der Waals surface area contributed by atoms with E-state index < -0.39 is 6.04 Å². The molecule has 0 radical (unpaired) electrons. The Hall–Kier alpha value is -4.00. The largest absolute Gasteiger partial charge is 0.493 e. The van der Waals surface area contributed by atoms with E-state index in [0.717, 1.165) is 35.1 Å². The summed E-state index contributed by atoms with van der Waals surface area (Å²) in [6.07, 6.45) is 3.07. The van der Waals surface area contributed by atoms with Gasteiger partial charge >= 0.3 is 6.03 Å². The van der Waals surface area contributed by atoms with Crippen LogP contribution in [0.3, 0.4) is 0 Å². The summed E-state index contributed by atoms with van der Waals surface area (Å²) in [5.74, 6) is 1.15. The Bertz CT molecular complexity index is 1240. The van der Waals surface area contributed by atoms with E-state index in [9.17, 15) is 9.59 Å². The van der Waals surface area contributed by atoms with Crippen molar-refractivity contribution in [2.45, 2.75) is 43.8 Å². The molecule has 1 aliphatic carbocycles. The maximum Gasteiger partial charge on any atom is 0.318 e. The molecule has 192 valence electrons. The fourth-order valence-corrected chi connectivity index (χ4v) is 4.98. The van der Waals surface area contributed by atoms with Gasteiger partial charge in [-0.05, 0) is 53.6 Å². The third-order valence-electron chi connectivity index (χ3n) is 7.07. The molecule has 1 heterocycles. The van der Waals surface area contributed by atoms with Crippen molar-refractivity contribution in [3.05, 3.63) is 95.1 Å². The Balaban J connectivity index is 1.46. The highest BCUT2D eigenvalue weighted by Crippen LogP contribution is 2.41. The molecule has 2 N–H and O–H groups in total. The van der Waals surface area contributed by atoms with Crippen molar-refractivity contribution in [1.29, 1.82) is 0 Å². The normalized spacial score (nSPS) is 17.4. The standard InChI is InChI=1S/C30H33N3O4/c1-36-26-18-22-15-16-33(28(21-11-7-4-8-12-21)24(22)19-27(26)37-2)30(35)32-25(29(34)31-23-13-14-23)17-20-9-5-3-6-10-20/h3-12,18-19,23,25,28H,13-17H2,1-2H3,(H,31,34)(H,32,35)/t25-,28?/m0/s1. The average Bonchev–Trinajstić information content (AvgIpc) is 3.76. The lowest BCUT2D eigenvalue weighted by atomic mass is 9.88. The maximum absolute atomic E-state index is 13.9. The van der Waals surface area contributed by atoms with Crippen molar-refractivity contribution in [2.75, 3.05) is 20.8 Å². The Morgan fingerprint density at radius 1 is 0.946 bits per heavy atom. The number of amides is 3. The highest BCUT2D eigenvalue weighted by atomic mass is 16.5. The van der Waals surface area contributed by atoms with E-state index in [4.69, 9.17) is 9.47 Å². The number of fused-ring (bicyclic) bond motifs is 1. The monoisotopic (exact) mass is 499 g/mol. The minimum Gasteiger partial charge on any atom is -0.493 e. The van der Waals surface area contributed by atoms with Crippen LogP contribution in [0.5, 0.6) is 11.5 Å². The number of ether oxygens (including phenoxy) is 2. The Labute approximate surface area is 217 Å². The van der Waals surface area contributed by atoms with Crippen LogP contribution in [0.4, 0.5) is 4.79 Å². The molecule has 7 heteroatoms. The summed E-state index contributed by atoms with van der Waals surface area (Å²) in [5.41, 5.74) is 4.10. The van der Waals surface area contributed by atoms with Gasteiger partial charge in [-0.1, -0.05) is 60.7 Å². The van der Waals surface area contributed by atoms with Gasteiger partial charge in [0.2, 0.25) is 5.91 Å². The van der Waals surface area contributed by atoms with Gasteiger partial charge in [0.1, 0.15) is 6.04 Å². The first-order valence-electron chi connectivity index (χ1n) is 12.8. The lowest BCUT2D eigenvalue weighted by molar-refractivity contribution is -0.123. The number of nitrogens with zero attached hydrogens (tertiary/aromatic N) is 1. The smallest absolute Gasteiger partial charge is 0.318 e. The average molecular weight is 500 g/mol. The molecule has 0 saturated heterocycles. The molecular weight excluding hydrogens is 466 g/mol. The first-order valence-corrected chi connectivity index (χ1v) is 12.8. The van der Waals surface area contributed by atoms with Crippen LogP contribution in [0.1, 0.15) is 41.1 Å². The molecule has 1 unspecified atom stereocenters. The van der Waals surface area contributed by atoms with E-state index in [0.29, 0.717) is 30.9 Å². The minimum atomic E-state index is -0.668. The van der Waals surface area contributed by atoms with E-state index in [-0.39, 0.29) is 24.0 Å². The quantitative estimate of drug-likeness (QED) is 0.486. The van der Waals surface area contributed by atoms with Crippen molar-refractivity contribution >= 4 is 11.9 Å². The summed E-state index contributed by atoms with van der Waals surface area (Å²) >= 11 is 0. The molecule has 5 rings (SSSR count). The second-order valence-electron chi connectivity index (χ2n) is 9.64. The van der Waals surface area contributed by atoms with Crippen LogP contribution in [0.15, 0.2) is 72.8 Å². The number of hydrogen-bond donors (Lipinski definition) is 2. The number of urea groups is 1. The summed E-state index contributed by atoms with van der Waals surface area (Å²) in [7, 11) is 3.24. The number of methoxy groups -OCH3 is 2. The summed E-state index contributed by atoms with van der Waals surface area (Å²) in [6.45, 7) is 0.510. The number of carbonyl (C=O) groups excluding carboxylic acids is 2. The van der Waals surface area contributed by atoms with E-state index in [1.54, 1.807) is 14.2 Å². The third kappa shape index (κ3) is 5.56. The van der Waals surface area contributed by atoms with Gasteiger partial charge in [0, 0.05) is 19.0 Å². The number of carbonyl (C=O) groups is 2. The number of rotatable bonds is 8. The fraction of sp³-hybridized carbons (Fsp3) is 0.333. The van der Waals surface area contributed by atoms with E-state index in [2.05, 4.69) is 10.6 Å². The van der Waals surface area contributed by atoms with Crippen molar-refractivity contribution in [1.82, 2.24) is 15.5 Å². The second-order valence-corrected chi connectivity index (χ2v) is 9.64. The van der Waals surface area contributed by atoms with Gasteiger partial charge in [-0.25, -0.2) is 4.79 Å². The summed E-state index contributed by atoms with van der Waals surface area (Å²) < 4.78 is 11.1. The van der Waals surface area contributed by atoms with Gasteiger partial charge in [-0.2, -0.15) is 0 Å². The van der Waals surface area contributed by atoms with E-state index in [1.807, 2.05) is 77.7 Å².